The van der Waals surface area contributed by atoms with Gasteiger partial charge in [-0.05, 0) is 79.9 Å². The van der Waals surface area contributed by atoms with Gasteiger partial charge < -0.3 is 14.3 Å². The molecular formula is C56H41N3OSi. The molecule has 4 nitrogen and oxygen atoms in total. The molecule has 12 rings (SSSR count). The molecule has 1 aliphatic rings. The Morgan fingerprint density at radius 3 is 1.74 bits per heavy atom. The molecule has 0 spiro atoms. The second-order valence-corrected chi connectivity index (χ2v) is 20.0. The summed E-state index contributed by atoms with van der Waals surface area (Å²) in [7, 11) is -2.80. The van der Waals surface area contributed by atoms with Crippen LogP contribution in [0.1, 0.15) is 28.9 Å². The van der Waals surface area contributed by atoms with Crippen molar-refractivity contribution >= 4 is 78.3 Å². The standard InChI is InChI=1S/C56H41N3OSi/c1-5-18-38(19-6-1)55-46-29-13-15-30-50(46)57-56(58-55)39-20-17-21-40(34-39)59-51-33-32-44(35-47(51)48-37-54-49(36-52(48)59)45-28-14-16-31-53(45)60-54)61(41-22-7-2-8-23-41,42-24-9-3-10-25-42)43-26-11-4-12-27-43/h1-37,55-58H. The molecule has 1 aliphatic heterocycles. The summed E-state index contributed by atoms with van der Waals surface area (Å²) in [5.41, 5.74) is 10.00. The van der Waals surface area contributed by atoms with E-state index in [2.05, 4.69) is 234 Å². The molecule has 11 aromatic rings. The maximum atomic E-state index is 6.59. The second kappa shape index (κ2) is 14.4. The summed E-state index contributed by atoms with van der Waals surface area (Å²) in [6, 6.07) is 82.3. The monoisotopic (exact) mass is 799 g/mol. The normalized spacial score (nSPS) is 15.3. The predicted molar refractivity (Wildman–Crippen MR) is 256 cm³/mol. The quantitative estimate of drug-likeness (QED) is 0.125. The predicted octanol–water partition coefficient (Wildman–Crippen LogP) is 10.9. The number of hydrogen-bond donors (Lipinski definition) is 2. The number of benzene rings is 9. The molecule has 0 fully saturated rings. The van der Waals surface area contributed by atoms with Gasteiger partial charge in [-0.15, -0.1) is 0 Å². The van der Waals surface area contributed by atoms with Gasteiger partial charge in [-0.2, -0.15) is 0 Å². The van der Waals surface area contributed by atoms with E-state index in [1.807, 2.05) is 6.07 Å². The fourth-order valence-corrected chi connectivity index (χ4v) is 14.9. The van der Waals surface area contributed by atoms with Crippen LogP contribution in [0.2, 0.25) is 0 Å². The highest BCUT2D eigenvalue weighted by atomic mass is 28.3. The van der Waals surface area contributed by atoms with Gasteiger partial charge in [-0.25, -0.2) is 0 Å². The molecular weight excluding hydrogens is 759 g/mol. The van der Waals surface area contributed by atoms with Gasteiger partial charge >= 0.3 is 0 Å². The minimum Gasteiger partial charge on any atom is -0.456 e. The van der Waals surface area contributed by atoms with Crippen molar-refractivity contribution < 1.29 is 4.42 Å². The molecule has 61 heavy (non-hydrogen) atoms. The van der Waals surface area contributed by atoms with Crippen molar-refractivity contribution in [3.63, 3.8) is 0 Å². The molecule has 0 saturated carbocycles. The zero-order valence-corrected chi connectivity index (χ0v) is 34.4. The number of nitrogens with zero attached hydrogens (tertiary/aromatic N) is 1. The highest BCUT2D eigenvalue weighted by molar-refractivity contribution is 7.20. The lowest BCUT2D eigenvalue weighted by molar-refractivity contribution is 0.506. The summed E-state index contributed by atoms with van der Waals surface area (Å²) >= 11 is 0. The van der Waals surface area contributed by atoms with Crippen molar-refractivity contribution in [2.45, 2.75) is 12.2 Å². The van der Waals surface area contributed by atoms with Gasteiger partial charge in [0, 0.05) is 32.9 Å². The van der Waals surface area contributed by atoms with Gasteiger partial charge in [-0.3, -0.25) is 5.32 Å². The average molecular weight is 800 g/mol. The Hall–Kier alpha value is -7.44. The number of hydrogen-bond acceptors (Lipinski definition) is 3. The third-order valence-corrected chi connectivity index (χ3v) is 17.6. The summed E-state index contributed by atoms with van der Waals surface area (Å²) in [6.07, 6.45) is -0.112. The Bertz CT molecular complexity index is 3280. The first-order chi connectivity index (χ1) is 30.2. The maximum Gasteiger partial charge on any atom is 0.179 e. The Morgan fingerprint density at radius 1 is 0.410 bits per heavy atom. The molecule has 5 heteroatoms. The van der Waals surface area contributed by atoms with Gasteiger partial charge in [0.2, 0.25) is 0 Å². The van der Waals surface area contributed by atoms with E-state index in [9.17, 15) is 0 Å². The maximum absolute atomic E-state index is 6.59. The van der Waals surface area contributed by atoms with Crippen molar-refractivity contribution in [2.24, 2.45) is 0 Å². The molecule has 0 radical (unpaired) electrons. The van der Waals surface area contributed by atoms with Crippen molar-refractivity contribution in [1.29, 1.82) is 0 Å². The Kier molecular flexibility index (Phi) is 8.37. The SMILES string of the molecule is c1ccc(C2NC(c3cccc(-n4c5ccc([Si](c6ccccc6)(c6ccccc6)c6ccccc6)cc5c5cc6oc7ccccc7c6cc54)c3)Nc3ccccc32)cc1. The molecule has 0 bridgehead atoms. The number of aromatic nitrogens is 1. The van der Waals surface area contributed by atoms with E-state index >= 15 is 0 Å². The smallest absolute Gasteiger partial charge is 0.179 e. The molecule has 2 unspecified atom stereocenters. The minimum atomic E-state index is -2.80. The molecule has 2 N–H and O–H groups in total. The van der Waals surface area contributed by atoms with E-state index in [0.717, 1.165) is 55.3 Å². The van der Waals surface area contributed by atoms with Crippen LogP contribution in [-0.4, -0.2) is 12.6 Å². The molecule has 3 heterocycles. The zero-order chi connectivity index (χ0) is 40.3. The Morgan fingerprint density at radius 2 is 1.02 bits per heavy atom. The largest absolute Gasteiger partial charge is 0.456 e. The van der Waals surface area contributed by atoms with Crippen molar-refractivity contribution in [3.05, 3.63) is 241 Å². The first-order valence-corrected chi connectivity index (χ1v) is 23.1. The molecule has 2 atom stereocenters. The van der Waals surface area contributed by atoms with Crippen LogP contribution in [0, 0.1) is 0 Å². The Labute approximate surface area is 355 Å². The summed E-state index contributed by atoms with van der Waals surface area (Å²) in [6.45, 7) is 0. The number of anilines is 1. The van der Waals surface area contributed by atoms with Crippen LogP contribution >= 0.6 is 0 Å². The van der Waals surface area contributed by atoms with E-state index < -0.39 is 8.07 Å². The third-order valence-electron chi connectivity index (χ3n) is 12.8. The highest BCUT2D eigenvalue weighted by Gasteiger charge is 2.41. The van der Waals surface area contributed by atoms with E-state index in [-0.39, 0.29) is 12.2 Å². The summed E-state index contributed by atoms with van der Waals surface area (Å²) in [4.78, 5) is 0. The molecule has 2 aromatic heterocycles. The van der Waals surface area contributed by atoms with Crippen LogP contribution in [0.5, 0.6) is 0 Å². The van der Waals surface area contributed by atoms with Crippen LogP contribution in [-0.2, 0) is 0 Å². The van der Waals surface area contributed by atoms with Crippen LogP contribution in [0.25, 0.3) is 49.4 Å². The molecule has 0 aliphatic carbocycles. The lowest BCUT2D eigenvalue weighted by atomic mass is 9.93. The summed E-state index contributed by atoms with van der Waals surface area (Å²) in [5.74, 6) is 0. The minimum absolute atomic E-state index is 0.0462. The van der Waals surface area contributed by atoms with Gasteiger partial charge in [0.05, 0.1) is 17.1 Å². The van der Waals surface area contributed by atoms with E-state index in [1.165, 1.54) is 37.3 Å². The number of para-hydroxylation sites is 2. The number of fused-ring (bicyclic) bond motifs is 7. The lowest BCUT2D eigenvalue weighted by Crippen LogP contribution is -2.74. The lowest BCUT2D eigenvalue weighted by Gasteiger charge is -2.35. The van der Waals surface area contributed by atoms with Crippen molar-refractivity contribution in [3.8, 4) is 5.69 Å². The number of nitrogens with one attached hydrogen (secondary N) is 2. The first-order valence-electron chi connectivity index (χ1n) is 21.1. The Balaban J connectivity index is 1.10. The molecule has 0 amide bonds. The van der Waals surface area contributed by atoms with Gasteiger partial charge in [0.25, 0.3) is 0 Å². The van der Waals surface area contributed by atoms with E-state index in [1.54, 1.807) is 0 Å². The highest BCUT2D eigenvalue weighted by Crippen LogP contribution is 2.40. The van der Waals surface area contributed by atoms with Gasteiger partial charge in [0.15, 0.2) is 8.07 Å². The summed E-state index contributed by atoms with van der Waals surface area (Å²) in [5, 5.41) is 17.8. The van der Waals surface area contributed by atoms with Crippen LogP contribution in [0.4, 0.5) is 5.69 Å². The number of furan rings is 1. The van der Waals surface area contributed by atoms with E-state index in [4.69, 9.17) is 4.42 Å². The van der Waals surface area contributed by atoms with Crippen molar-refractivity contribution in [1.82, 2.24) is 9.88 Å². The van der Waals surface area contributed by atoms with Gasteiger partial charge in [0.1, 0.15) is 17.3 Å². The third kappa shape index (κ3) is 5.70. The van der Waals surface area contributed by atoms with Crippen LogP contribution < -0.4 is 31.4 Å². The fraction of sp³-hybridized carbons (Fsp3) is 0.0357. The van der Waals surface area contributed by atoms with Gasteiger partial charge in [-0.1, -0.05) is 182 Å². The second-order valence-electron chi connectivity index (χ2n) is 16.1. The van der Waals surface area contributed by atoms with Crippen molar-refractivity contribution in [2.75, 3.05) is 5.32 Å². The van der Waals surface area contributed by atoms with Crippen LogP contribution in [0.15, 0.2) is 229 Å². The average Bonchev–Trinajstić information content (AvgIpc) is 3.86. The molecule has 290 valence electrons. The molecule has 0 saturated heterocycles. The topological polar surface area (TPSA) is 42.1 Å². The summed E-state index contributed by atoms with van der Waals surface area (Å²) < 4.78 is 9.05. The van der Waals surface area contributed by atoms with Crippen LogP contribution in [0.3, 0.4) is 0 Å². The first kappa shape index (κ1) is 35.5. The zero-order valence-electron chi connectivity index (χ0n) is 33.4. The molecule has 9 aromatic carbocycles. The fourth-order valence-electron chi connectivity index (χ4n) is 10.1. The number of rotatable bonds is 7. The van der Waals surface area contributed by atoms with E-state index in [0.29, 0.717) is 0 Å².